The highest BCUT2D eigenvalue weighted by atomic mass is 35.5. The third-order valence-corrected chi connectivity index (χ3v) is 4.81. The lowest BCUT2D eigenvalue weighted by atomic mass is 10.1. The lowest BCUT2D eigenvalue weighted by Gasteiger charge is -2.15. The van der Waals surface area contributed by atoms with Crippen LogP contribution in [-0.2, 0) is 14.8 Å². The Morgan fingerprint density at radius 3 is 2.44 bits per heavy atom. The van der Waals surface area contributed by atoms with Gasteiger partial charge in [-0.1, -0.05) is 35.3 Å². The molecular formula is C16H16Cl2N2O4S. The van der Waals surface area contributed by atoms with Gasteiger partial charge < -0.3 is 10.1 Å². The standard InChI is InChI=1S/C16H16Cl2N2O4S/c1-10(11-2-5-13(6-3-11)25(19,22)23)20-16(21)9-24-15-8-12(17)4-7-14(15)18/h2-8,10H,9H2,1H3,(H,20,21)(H2,19,22,23)/t10-/m1/s1. The summed E-state index contributed by atoms with van der Waals surface area (Å²) in [7, 11) is -3.75. The fourth-order valence-electron chi connectivity index (χ4n) is 2.04. The molecule has 0 aliphatic heterocycles. The van der Waals surface area contributed by atoms with Crippen molar-refractivity contribution in [3.63, 3.8) is 0 Å². The van der Waals surface area contributed by atoms with E-state index in [0.717, 1.165) is 5.56 Å². The van der Waals surface area contributed by atoms with Crippen LogP contribution in [0.2, 0.25) is 10.0 Å². The third kappa shape index (κ3) is 5.61. The Hall–Kier alpha value is -1.80. The Morgan fingerprint density at radius 1 is 1.20 bits per heavy atom. The van der Waals surface area contributed by atoms with Gasteiger partial charge in [0.15, 0.2) is 6.61 Å². The van der Waals surface area contributed by atoms with Crippen molar-refractivity contribution < 1.29 is 17.9 Å². The quantitative estimate of drug-likeness (QED) is 0.775. The lowest BCUT2D eigenvalue weighted by Crippen LogP contribution is -2.31. The summed E-state index contributed by atoms with van der Waals surface area (Å²) >= 11 is 11.8. The number of halogens is 2. The number of carbonyl (C=O) groups excluding carboxylic acids is 1. The van der Waals surface area contributed by atoms with Crippen LogP contribution in [0, 0.1) is 0 Å². The van der Waals surface area contributed by atoms with Crippen molar-refractivity contribution >= 4 is 39.1 Å². The van der Waals surface area contributed by atoms with Crippen LogP contribution in [0.4, 0.5) is 0 Å². The zero-order chi connectivity index (χ0) is 18.6. The van der Waals surface area contributed by atoms with Crippen molar-refractivity contribution in [2.75, 3.05) is 6.61 Å². The van der Waals surface area contributed by atoms with Gasteiger partial charge in [-0.3, -0.25) is 4.79 Å². The highest BCUT2D eigenvalue weighted by Gasteiger charge is 2.13. The molecule has 6 nitrogen and oxygen atoms in total. The molecular weight excluding hydrogens is 387 g/mol. The highest BCUT2D eigenvalue weighted by molar-refractivity contribution is 7.89. The molecule has 0 saturated heterocycles. The van der Waals surface area contributed by atoms with E-state index in [0.29, 0.717) is 15.8 Å². The predicted molar refractivity (Wildman–Crippen MR) is 96.3 cm³/mol. The fraction of sp³-hybridized carbons (Fsp3) is 0.188. The molecule has 3 N–H and O–H groups in total. The molecule has 0 fully saturated rings. The Bertz CT molecular complexity index is 870. The second-order valence-corrected chi connectivity index (χ2v) is 7.67. The molecule has 0 aliphatic carbocycles. The zero-order valence-corrected chi connectivity index (χ0v) is 15.5. The van der Waals surface area contributed by atoms with Crippen molar-refractivity contribution in [3.8, 4) is 5.75 Å². The van der Waals surface area contributed by atoms with Crippen molar-refractivity contribution in [3.05, 3.63) is 58.1 Å². The number of nitrogens with two attached hydrogens (primary N) is 1. The Kier molecular flexibility index (Phi) is 6.29. The van der Waals surface area contributed by atoms with Crippen molar-refractivity contribution in [1.29, 1.82) is 0 Å². The van der Waals surface area contributed by atoms with E-state index in [-0.39, 0.29) is 23.5 Å². The van der Waals surface area contributed by atoms with Gasteiger partial charge in [-0.25, -0.2) is 13.6 Å². The number of ether oxygens (including phenoxy) is 1. The second-order valence-electron chi connectivity index (χ2n) is 5.27. The zero-order valence-electron chi connectivity index (χ0n) is 13.2. The predicted octanol–water partition coefficient (Wildman–Crippen LogP) is 2.90. The summed E-state index contributed by atoms with van der Waals surface area (Å²) in [5.41, 5.74) is 0.724. The Labute approximate surface area is 155 Å². The maximum Gasteiger partial charge on any atom is 0.258 e. The van der Waals surface area contributed by atoms with Crippen LogP contribution in [-0.4, -0.2) is 20.9 Å². The largest absolute Gasteiger partial charge is 0.482 e. The number of sulfonamides is 1. The minimum atomic E-state index is -3.75. The Morgan fingerprint density at radius 2 is 1.84 bits per heavy atom. The molecule has 1 atom stereocenters. The van der Waals surface area contributed by atoms with E-state index in [1.54, 1.807) is 31.2 Å². The van der Waals surface area contributed by atoms with Crippen LogP contribution >= 0.6 is 23.2 Å². The summed E-state index contributed by atoms with van der Waals surface area (Å²) < 4.78 is 27.8. The molecule has 9 heteroatoms. The number of primary sulfonamides is 1. The summed E-state index contributed by atoms with van der Waals surface area (Å²) in [4.78, 5) is 12.0. The number of hydrogen-bond acceptors (Lipinski definition) is 4. The fourth-order valence-corrected chi connectivity index (χ4v) is 2.89. The van der Waals surface area contributed by atoms with E-state index in [4.69, 9.17) is 33.1 Å². The third-order valence-electron chi connectivity index (χ3n) is 3.34. The van der Waals surface area contributed by atoms with E-state index in [1.807, 2.05) is 0 Å². The van der Waals surface area contributed by atoms with Gasteiger partial charge in [-0.15, -0.1) is 0 Å². The van der Waals surface area contributed by atoms with Gasteiger partial charge >= 0.3 is 0 Å². The smallest absolute Gasteiger partial charge is 0.258 e. The van der Waals surface area contributed by atoms with Gasteiger partial charge in [0, 0.05) is 11.1 Å². The van der Waals surface area contributed by atoms with Crippen molar-refractivity contribution in [2.45, 2.75) is 17.9 Å². The Balaban J connectivity index is 1.94. The normalized spacial score (nSPS) is 12.5. The molecule has 2 aromatic carbocycles. The maximum absolute atomic E-state index is 12.0. The molecule has 0 aromatic heterocycles. The summed E-state index contributed by atoms with van der Waals surface area (Å²) in [6.07, 6.45) is 0. The number of hydrogen-bond donors (Lipinski definition) is 2. The molecule has 0 unspecified atom stereocenters. The first-order valence-corrected chi connectivity index (χ1v) is 9.47. The lowest BCUT2D eigenvalue weighted by molar-refractivity contribution is -0.123. The summed E-state index contributed by atoms with van der Waals surface area (Å²) in [5.74, 6) is -0.0476. The minimum Gasteiger partial charge on any atom is -0.482 e. The van der Waals surface area contributed by atoms with Crippen LogP contribution in [0.5, 0.6) is 5.75 Å². The number of nitrogens with one attached hydrogen (secondary N) is 1. The van der Waals surface area contributed by atoms with Crippen molar-refractivity contribution in [2.24, 2.45) is 5.14 Å². The first-order chi connectivity index (χ1) is 11.7. The van der Waals surface area contributed by atoms with Gasteiger partial charge in [-0.2, -0.15) is 0 Å². The number of rotatable bonds is 6. The molecule has 0 bridgehead atoms. The molecule has 0 spiro atoms. The van der Waals surface area contributed by atoms with Crippen LogP contribution in [0.15, 0.2) is 47.4 Å². The minimum absolute atomic E-state index is 0.00806. The highest BCUT2D eigenvalue weighted by Crippen LogP contribution is 2.27. The SMILES string of the molecule is C[C@@H](NC(=O)COc1cc(Cl)ccc1Cl)c1ccc(S(N)(=O)=O)cc1. The van der Waals surface area contributed by atoms with E-state index in [2.05, 4.69) is 5.32 Å². The molecule has 0 radical (unpaired) electrons. The molecule has 0 aliphatic rings. The molecule has 1 amide bonds. The van der Waals surface area contributed by atoms with E-state index in [1.165, 1.54) is 18.2 Å². The number of carbonyl (C=O) groups is 1. The molecule has 2 aromatic rings. The molecule has 0 saturated carbocycles. The van der Waals surface area contributed by atoms with E-state index < -0.39 is 10.0 Å². The summed E-state index contributed by atoms with van der Waals surface area (Å²) in [6.45, 7) is 1.52. The number of benzene rings is 2. The van der Waals surface area contributed by atoms with Gasteiger partial charge in [0.2, 0.25) is 10.0 Å². The van der Waals surface area contributed by atoms with E-state index in [9.17, 15) is 13.2 Å². The van der Waals surface area contributed by atoms with Gasteiger partial charge in [0.05, 0.1) is 16.0 Å². The average molecular weight is 403 g/mol. The van der Waals surface area contributed by atoms with Crippen molar-refractivity contribution in [1.82, 2.24) is 5.32 Å². The molecule has 2 rings (SSSR count). The monoisotopic (exact) mass is 402 g/mol. The van der Waals surface area contributed by atoms with Crippen LogP contribution < -0.4 is 15.2 Å². The van der Waals surface area contributed by atoms with Gasteiger partial charge in [0.1, 0.15) is 5.75 Å². The molecule has 0 heterocycles. The van der Waals surface area contributed by atoms with Gasteiger partial charge in [-0.05, 0) is 36.8 Å². The second kappa shape index (κ2) is 8.05. The first kappa shape index (κ1) is 19.5. The van der Waals surface area contributed by atoms with E-state index >= 15 is 0 Å². The summed E-state index contributed by atoms with van der Waals surface area (Å²) in [5, 5.41) is 8.58. The first-order valence-electron chi connectivity index (χ1n) is 7.17. The number of amides is 1. The summed E-state index contributed by atoms with van der Waals surface area (Å²) in [6, 6.07) is 10.3. The van der Waals surface area contributed by atoms with Gasteiger partial charge in [0.25, 0.3) is 5.91 Å². The molecule has 134 valence electrons. The molecule has 25 heavy (non-hydrogen) atoms. The van der Waals surface area contributed by atoms with Crippen LogP contribution in [0.3, 0.4) is 0 Å². The van der Waals surface area contributed by atoms with Crippen LogP contribution in [0.1, 0.15) is 18.5 Å². The van der Waals surface area contributed by atoms with Crippen LogP contribution in [0.25, 0.3) is 0 Å². The maximum atomic E-state index is 12.0. The topological polar surface area (TPSA) is 98.5 Å². The average Bonchev–Trinajstić information content (AvgIpc) is 2.55.